The standard InChI is InChI=1S/C29H29N7O2/c1-19-16-36-27(32-28(19)34-17-21(15-30)26(37)18-34)14-24(33-36)25-12-5-6-13-35(25)29(38)23-11-7-10-22(31-23)20-8-3-2-4-9-20/h2-4,7-11,14,16,21,25-26,37H,5-6,12-13,17-18H2,1H3/t21?,25-,26-/m0/s1. The molecule has 3 atom stereocenters. The molecule has 0 bridgehead atoms. The van der Waals surface area contributed by atoms with Crippen molar-refractivity contribution in [2.24, 2.45) is 5.92 Å². The van der Waals surface area contributed by atoms with Crippen LogP contribution >= 0.6 is 0 Å². The van der Waals surface area contributed by atoms with Crippen LogP contribution in [-0.4, -0.2) is 61.2 Å². The van der Waals surface area contributed by atoms with Crippen molar-refractivity contribution < 1.29 is 9.90 Å². The van der Waals surface area contributed by atoms with E-state index in [2.05, 4.69) is 6.07 Å². The number of β-amino-alcohol motifs (C(OH)–C–C–N with tert-alkyl or cyclic N) is 1. The third-order valence-electron chi connectivity index (χ3n) is 7.52. The van der Waals surface area contributed by atoms with Gasteiger partial charge in [-0.25, -0.2) is 14.5 Å². The Bertz CT molecular complexity index is 1530. The number of benzene rings is 1. The largest absolute Gasteiger partial charge is 0.390 e. The molecular formula is C29H29N7O2. The van der Waals surface area contributed by atoms with E-state index >= 15 is 0 Å². The van der Waals surface area contributed by atoms with Crippen LogP contribution in [-0.2, 0) is 0 Å². The van der Waals surface area contributed by atoms with Gasteiger partial charge in [0.25, 0.3) is 5.91 Å². The third-order valence-corrected chi connectivity index (χ3v) is 7.52. The zero-order valence-corrected chi connectivity index (χ0v) is 21.2. The first-order chi connectivity index (χ1) is 18.5. The number of aryl methyl sites for hydroxylation is 1. The number of likely N-dealkylation sites (tertiary alicyclic amines) is 1. The molecule has 9 nitrogen and oxygen atoms in total. The molecule has 1 N–H and O–H groups in total. The third kappa shape index (κ3) is 4.37. The average molecular weight is 508 g/mol. The highest BCUT2D eigenvalue weighted by molar-refractivity contribution is 5.93. The Balaban J connectivity index is 1.29. The van der Waals surface area contributed by atoms with Crippen LogP contribution < -0.4 is 4.90 Å². The molecule has 4 aromatic rings. The number of carbonyl (C=O) groups is 1. The number of aliphatic hydroxyl groups excluding tert-OH is 1. The lowest BCUT2D eigenvalue weighted by Gasteiger charge is -2.34. The number of anilines is 1. The van der Waals surface area contributed by atoms with Crippen LogP contribution in [0, 0.1) is 24.2 Å². The Morgan fingerprint density at radius 3 is 2.71 bits per heavy atom. The van der Waals surface area contributed by atoms with Crippen LogP contribution in [0.5, 0.6) is 0 Å². The molecule has 38 heavy (non-hydrogen) atoms. The molecular weight excluding hydrogens is 478 g/mol. The zero-order chi connectivity index (χ0) is 26.2. The van der Waals surface area contributed by atoms with E-state index in [1.165, 1.54) is 0 Å². The van der Waals surface area contributed by atoms with Gasteiger partial charge in [0.05, 0.1) is 35.5 Å². The van der Waals surface area contributed by atoms with E-state index in [9.17, 15) is 15.2 Å². The number of hydrogen-bond donors (Lipinski definition) is 1. The van der Waals surface area contributed by atoms with Gasteiger partial charge in [-0.05, 0) is 38.3 Å². The normalized spacial score (nSPS) is 21.6. The quantitative estimate of drug-likeness (QED) is 0.447. The highest BCUT2D eigenvalue weighted by Crippen LogP contribution is 2.33. The van der Waals surface area contributed by atoms with Gasteiger partial charge >= 0.3 is 0 Å². The van der Waals surface area contributed by atoms with E-state index in [-0.39, 0.29) is 11.9 Å². The Kier molecular flexibility index (Phi) is 6.26. The molecule has 0 radical (unpaired) electrons. The average Bonchev–Trinajstić information content (AvgIpc) is 3.55. The molecule has 0 aliphatic carbocycles. The second-order valence-electron chi connectivity index (χ2n) is 10.1. The van der Waals surface area contributed by atoms with Crippen molar-refractivity contribution in [2.75, 3.05) is 24.5 Å². The number of hydrogen-bond acceptors (Lipinski definition) is 7. The van der Waals surface area contributed by atoms with Gasteiger partial charge in [0.1, 0.15) is 11.5 Å². The molecule has 0 spiro atoms. The molecule has 2 fully saturated rings. The highest BCUT2D eigenvalue weighted by atomic mass is 16.3. The summed E-state index contributed by atoms with van der Waals surface area (Å²) in [6.45, 7) is 3.43. The summed E-state index contributed by atoms with van der Waals surface area (Å²) in [7, 11) is 0. The van der Waals surface area contributed by atoms with E-state index in [1.54, 1.807) is 10.6 Å². The molecule has 0 saturated carbocycles. The summed E-state index contributed by atoms with van der Waals surface area (Å²) < 4.78 is 1.76. The number of piperidine rings is 1. The van der Waals surface area contributed by atoms with Crippen molar-refractivity contribution >= 4 is 17.4 Å². The van der Waals surface area contributed by atoms with E-state index in [4.69, 9.17) is 15.1 Å². The van der Waals surface area contributed by atoms with Crippen molar-refractivity contribution in [1.82, 2.24) is 24.5 Å². The van der Waals surface area contributed by atoms with Crippen LogP contribution in [0.4, 0.5) is 5.82 Å². The number of pyridine rings is 1. The van der Waals surface area contributed by atoms with Gasteiger partial charge in [-0.15, -0.1) is 0 Å². The second kappa shape index (κ2) is 9.88. The van der Waals surface area contributed by atoms with E-state index in [0.717, 1.165) is 47.6 Å². The molecule has 2 saturated heterocycles. The number of aliphatic hydroxyl groups is 1. The summed E-state index contributed by atoms with van der Waals surface area (Å²) in [6.07, 6.45) is 4.01. The van der Waals surface area contributed by atoms with Crippen molar-refractivity contribution in [3.05, 3.63) is 77.7 Å². The van der Waals surface area contributed by atoms with Gasteiger partial charge in [-0.1, -0.05) is 36.4 Å². The molecule has 5 heterocycles. The lowest BCUT2D eigenvalue weighted by molar-refractivity contribution is 0.0599. The maximum atomic E-state index is 13.7. The Labute approximate surface area is 221 Å². The number of aromatic nitrogens is 4. The number of rotatable bonds is 4. The lowest BCUT2D eigenvalue weighted by Crippen LogP contribution is -2.39. The number of amides is 1. The van der Waals surface area contributed by atoms with Gasteiger partial charge < -0.3 is 14.9 Å². The zero-order valence-electron chi connectivity index (χ0n) is 21.2. The van der Waals surface area contributed by atoms with E-state index < -0.39 is 12.0 Å². The molecule has 1 amide bonds. The number of nitriles is 1. The topological polar surface area (TPSA) is 111 Å². The SMILES string of the molecule is Cc1cn2nc([C@@H]3CCCCN3C(=O)c3cccc(-c4ccccc4)n3)cc2nc1N1CC(C#N)[C@@H](O)C1. The Morgan fingerprint density at radius 2 is 1.92 bits per heavy atom. The molecule has 2 aliphatic rings. The Morgan fingerprint density at radius 1 is 1.08 bits per heavy atom. The van der Waals surface area contributed by atoms with Gasteiger partial charge in [-0.2, -0.15) is 10.4 Å². The first-order valence-corrected chi connectivity index (χ1v) is 13.0. The maximum Gasteiger partial charge on any atom is 0.273 e. The molecule has 2 aliphatic heterocycles. The van der Waals surface area contributed by atoms with Crippen LogP contribution in [0.25, 0.3) is 16.9 Å². The van der Waals surface area contributed by atoms with Crippen LogP contribution in [0.3, 0.4) is 0 Å². The highest BCUT2D eigenvalue weighted by Gasteiger charge is 2.34. The second-order valence-corrected chi connectivity index (χ2v) is 10.1. The van der Waals surface area contributed by atoms with Crippen LogP contribution in [0.15, 0.2) is 60.8 Å². The minimum atomic E-state index is -0.686. The molecule has 1 aromatic carbocycles. The summed E-state index contributed by atoms with van der Waals surface area (Å²) in [5.41, 5.74) is 4.57. The van der Waals surface area contributed by atoms with Gasteiger partial charge in [0.15, 0.2) is 5.65 Å². The van der Waals surface area contributed by atoms with Crippen LogP contribution in [0.1, 0.15) is 47.1 Å². The summed E-state index contributed by atoms with van der Waals surface area (Å²) in [6, 6.07) is 19.4. The van der Waals surface area contributed by atoms with Crippen LogP contribution in [0.2, 0.25) is 0 Å². The molecule has 192 valence electrons. The number of nitrogens with zero attached hydrogens (tertiary/aromatic N) is 7. The fraction of sp³-hybridized carbons (Fsp3) is 0.345. The predicted molar refractivity (Wildman–Crippen MR) is 142 cm³/mol. The minimum Gasteiger partial charge on any atom is -0.390 e. The molecule has 3 aromatic heterocycles. The van der Waals surface area contributed by atoms with Gasteiger partial charge in [-0.3, -0.25) is 4.79 Å². The lowest BCUT2D eigenvalue weighted by atomic mass is 9.98. The number of fused-ring (bicyclic) bond motifs is 1. The minimum absolute atomic E-state index is 0.0945. The first-order valence-electron chi connectivity index (χ1n) is 13.0. The fourth-order valence-corrected chi connectivity index (χ4v) is 5.54. The Hall–Kier alpha value is -4.29. The van der Waals surface area contributed by atoms with Crippen molar-refractivity contribution in [3.8, 4) is 17.3 Å². The maximum absolute atomic E-state index is 13.7. The molecule has 1 unspecified atom stereocenters. The predicted octanol–water partition coefficient (Wildman–Crippen LogP) is 3.79. The summed E-state index contributed by atoms with van der Waals surface area (Å²) in [4.78, 5) is 27.1. The number of carbonyl (C=O) groups excluding carboxylic acids is 1. The first kappa shape index (κ1) is 24.1. The van der Waals surface area contributed by atoms with Crippen molar-refractivity contribution in [2.45, 2.75) is 38.3 Å². The summed E-state index contributed by atoms with van der Waals surface area (Å²) in [5.74, 6) is 0.228. The molecule has 9 heteroatoms. The van der Waals surface area contributed by atoms with Crippen molar-refractivity contribution in [1.29, 1.82) is 5.26 Å². The van der Waals surface area contributed by atoms with Gasteiger partial charge in [0.2, 0.25) is 0 Å². The monoisotopic (exact) mass is 507 g/mol. The van der Waals surface area contributed by atoms with Crippen molar-refractivity contribution in [3.63, 3.8) is 0 Å². The molecule has 6 rings (SSSR count). The van der Waals surface area contributed by atoms with Gasteiger partial charge in [0, 0.05) is 43.0 Å². The fourth-order valence-electron chi connectivity index (χ4n) is 5.54. The van der Waals surface area contributed by atoms with E-state index in [0.29, 0.717) is 31.0 Å². The van der Waals surface area contributed by atoms with E-state index in [1.807, 2.05) is 71.5 Å². The summed E-state index contributed by atoms with van der Waals surface area (Å²) >= 11 is 0. The smallest absolute Gasteiger partial charge is 0.273 e. The summed E-state index contributed by atoms with van der Waals surface area (Å²) in [5, 5.41) is 24.3.